The Labute approximate surface area is 171 Å². The minimum absolute atomic E-state index is 0.348. The highest BCUT2D eigenvalue weighted by atomic mass is 19.4. The number of nitrogens with one attached hydrogen (secondary N) is 1. The molecule has 1 aliphatic rings. The van der Waals surface area contributed by atoms with Crippen LogP contribution in [-0.4, -0.2) is 54.5 Å². The summed E-state index contributed by atoms with van der Waals surface area (Å²) in [7, 11) is 2.04. The van der Waals surface area contributed by atoms with Crippen molar-refractivity contribution in [3.05, 3.63) is 48.8 Å². The van der Waals surface area contributed by atoms with Gasteiger partial charge in [0.15, 0.2) is 5.76 Å². The minimum Gasteiger partial charge on any atom is -0.423 e. The molecule has 158 valence electrons. The number of aromatic nitrogens is 2. The van der Waals surface area contributed by atoms with E-state index in [-0.39, 0.29) is 5.75 Å². The molecule has 1 aliphatic heterocycles. The molecule has 1 fully saturated rings. The third kappa shape index (κ3) is 5.01. The van der Waals surface area contributed by atoms with Crippen LogP contribution in [0.4, 0.5) is 30.7 Å². The average molecular weight is 419 g/mol. The summed E-state index contributed by atoms with van der Waals surface area (Å²) in [6.45, 7) is 3.29. The maximum Gasteiger partial charge on any atom is 0.573 e. The van der Waals surface area contributed by atoms with E-state index < -0.39 is 6.36 Å². The van der Waals surface area contributed by atoms with Crippen LogP contribution in [0.5, 0.6) is 5.75 Å². The third-order valence-electron chi connectivity index (χ3n) is 4.63. The highest BCUT2D eigenvalue weighted by Gasteiger charge is 2.31. The van der Waals surface area contributed by atoms with Gasteiger partial charge < -0.3 is 24.3 Å². The van der Waals surface area contributed by atoms with Gasteiger partial charge >= 0.3 is 6.36 Å². The summed E-state index contributed by atoms with van der Waals surface area (Å²) in [6, 6.07) is 9.84. The first-order chi connectivity index (χ1) is 14.4. The Morgan fingerprint density at radius 3 is 2.57 bits per heavy atom. The summed E-state index contributed by atoms with van der Waals surface area (Å²) in [5.41, 5.74) is 0.783. The van der Waals surface area contributed by atoms with Crippen LogP contribution < -0.4 is 15.0 Å². The van der Waals surface area contributed by atoms with Crippen LogP contribution in [0, 0.1) is 0 Å². The van der Waals surface area contributed by atoms with Crippen molar-refractivity contribution in [3.63, 3.8) is 0 Å². The fraction of sp³-hybridized carbons (Fsp3) is 0.300. The number of piperazine rings is 1. The number of nitrogens with zero attached hydrogens (tertiary/aromatic N) is 4. The fourth-order valence-electron chi connectivity index (χ4n) is 3.13. The van der Waals surface area contributed by atoms with Crippen LogP contribution >= 0.6 is 0 Å². The maximum atomic E-state index is 12.8. The smallest absolute Gasteiger partial charge is 0.423 e. The van der Waals surface area contributed by atoms with E-state index >= 15 is 0 Å². The SMILES string of the molecule is CN1CCN(c2ncc(-c3cc(Nc4ccccn4)cc(OC(F)(F)F)c3)o2)CC1. The van der Waals surface area contributed by atoms with Gasteiger partial charge in [-0.1, -0.05) is 6.07 Å². The minimum atomic E-state index is -4.81. The number of anilines is 3. The van der Waals surface area contributed by atoms with Crippen molar-refractivity contribution in [1.82, 2.24) is 14.9 Å². The van der Waals surface area contributed by atoms with E-state index in [0.29, 0.717) is 28.8 Å². The van der Waals surface area contributed by atoms with Crippen LogP contribution in [-0.2, 0) is 0 Å². The molecule has 0 spiro atoms. The summed E-state index contributed by atoms with van der Waals surface area (Å²) in [4.78, 5) is 12.6. The lowest BCUT2D eigenvalue weighted by atomic mass is 10.1. The van der Waals surface area contributed by atoms with Crippen LogP contribution in [0.3, 0.4) is 0 Å². The number of likely N-dealkylation sites (N-methyl/N-ethyl adjacent to an activating group) is 1. The van der Waals surface area contributed by atoms with Gasteiger partial charge in [-0.2, -0.15) is 0 Å². The van der Waals surface area contributed by atoms with Crippen LogP contribution in [0.25, 0.3) is 11.3 Å². The maximum absolute atomic E-state index is 12.8. The number of rotatable bonds is 5. The van der Waals surface area contributed by atoms with Crippen LogP contribution in [0.2, 0.25) is 0 Å². The molecule has 30 heavy (non-hydrogen) atoms. The first-order valence-corrected chi connectivity index (χ1v) is 9.34. The first kappa shape index (κ1) is 20.0. The Kier molecular flexibility index (Phi) is 5.49. The van der Waals surface area contributed by atoms with Crippen molar-refractivity contribution in [1.29, 1.82) is 0 Å². The summed E-state index contributed by atoms with van der Waals surface area (Å²) < 4.78 is 48.4. The second kappa shape index (κ2) is 8.23. The fourth-order valence-corrected chi connectivity index (χ4v) is 3.13. The summed E-state index contributed by atoms with van der Waals surface area (Å²) in [5.74, 6) is 0.472. The van der Waals surface area contributed by atoms with Crippen molar-refractivity contribution in [2.75, 3.05) is 43.4 Å². The topological polar surface area (TPSA) is 66.7 Å². The number of oxazole rings is 1. The number of ether oxygens (including phenoxy) is 1. The highest BCUT2D eigenvalue weighted by molar-refractivity contribution is 5.70. The molecule has 7 nitrogen and oxygen atoms in total. The quantitative estimate of drug-likeness (QED) is 0.667. The largest absolute Gasteiger partial charge is 0.573 e. The molecule has 0 aliphatic carbocycles. The van der Waals surface area contributed by atoms with Gasteiger partial charge in [0.05, 0.1) is 6.20 Å². The van der Waals surface area contributed by atoms with E-state index in [4.69, 9.17) is 4.42 Å². The molecule has 0 unspecified atom stereocenters. The second-order valence-corrected chi connectivity index (χ2v) is 6.93. The van der Waals surface area contributed by atoms with E-state index in [0.717, 1.165) is 26.2 Å². The van der Waals surface area contributed by atoms with Crippen LogP contribution in [0.1, 0.15) is 0 Å². The van der Waals surface area contributed by atoms with E-state index in [1.807, 2.05) is 11.9 Å². The molecule has 10 heteroatoms. The van der Waals surface area contributed by atoms with Gasteiger partial charge in [-0.3, -0.25) is 0 Å². The molecule has 0 saturated carbocycles. The van der Waals surface area contributed by atoms with Gasteiger partial charge in [0.2, 0.25) is 0 Å². The van der Waals surface area contributed by atoms with Crippen molar-refractivity contribution in [3.8, 4) is 17.1 Å². The Morgan fingerprint density at radius 1 is 1.07 bits per heavy atom. The molecule has 0 radical (unpaired) electrons. The Morgan fingerprint density at radius 2 is 1.87 bits per heavy atom. The normalized spacial score (nSPS) is 15.3. The van der Waals surface area contributed by atoms with Gasteiger partial charge in [0.25, 0.3) is 6.01 Å². The second-order valence-electron chi connectivity index (χ2n) is 6.93. The predicted molar refractivity (Wildman–Crippen MR) is 106 cm³/mol. The van der Waals surface area contributed by atoms with Crippen molar-refractivity contribution in [2.24, 2.45) is 0 Å². The van der Waals surface area contributed by atoms with Gasteiger partial charge in [-0.15, -0.1) is 13.2 Å². The molecule has 1 N–H and O–H groups in total. The molecule has 2 aromatic heterocycles. The molecule has 0 atom stereocenters. The zero-order chi connectivity index (χ0) is 21.1. The Bertz CT molecular complexity index is 986. The van der Waals surface area contributed by atoms with Crippen molar-refractivity contribution < 1.29 is 22.3 Å². The van der Waals surface area contributed by atoms with Gasteiger partial charge in [0.1, 0.15) is 11.6 Å². The van der Waals surface area contributed by atoms with Crippen molar-refractivity contribution >= 4 is 17.5 Å². The molecule has 3 aromatic rings. The predicted octanol–water partition coefficient (Wildman–Crippen LogP) is 4.13. The lowest BCUT2D eigenvalue weighted by Gasteiger charge is -2.31. The Hall–Kier alpha value is -3.27. The zero-order valence-electron chi connectivity index (χ0n) is 16.2. The van der Waals surface area contributed by atoms with E-state index in [9.17, 15) is 13.2 Å². The standard InChI is InChI=1S/C20H20F3N5O2/c1-27-6-8-28(9-7-27)19-25-13-17(29-19)14-10-15(26-18-4-2-3-5-24-18)12-16(11-14)30-20(21,22)23/h2-5,10-13H,6-9H2,1H3,(H,24,26). The molecule has 3 heterocycles. The molecular weight excluding hydrogens is 399 g/mol. The van der Waals surface area contributed by atoms with E-state index in [1.54, 1.807) is 30.5 Å². The first-order valence-electron chi connectivity index (χ1n) is 9.34. The van der Waals surface area contributed by atoms with E-state index in [1.165, 1.54) is 18.3 Å². The summed E-state index contributed by atoms with van der Waals surface area (Å²) in [5, 5.41) is 2.98. The van der Waals surface area contributed by atoms with Gasteiger partial charge in [0, 0.05) is 49.7 Å². The summed E-state index contributed by atoms with van der Waals surface area (Å²) >= 11 is 0. The molecule has 0 bridgehead atoms. The lowest BCUT2D eigenvalue weighted by molar-refractivity contribution is -0.274. The molecular formula is C20H20F3N5O2. The number of hydrogen-bond donors (Lipinski definition) is 1. The zero-order valence-corrected chi connectivity index (χ0v) is 16.2. The van der Waals surface area contributed by atoms with Gasteiger partial charge in [-0.25, -0.2) is 9.97 Å². The summed E-state index contributed by atoms with van der Waals surface area (Å²) in [6.07, 6.45) is -1.73. The van der Waals surface area contributed by atoms with E-state index in [2.05, 4.69) is 24.9 Å². The monoisotopic (exact) mass is 419 g/mol. The van der Waals surface area contributed by atoms with Crippen LogP contribution in [0.15, 0.2) is 53.2 Å². The number of benzene rings is 1. The number of halogens is 3. The number of pyridine rings is 1. The Balaban J connectivity index is 1.63. The molecule has 4 rings (SSSR count). The molecule has 1 aromatic carbocycles. The average Bonchev–Trinajstić information content (AvgIpc) is 3.18. The number of hydrogen-bond acceptors (Lipinski definition) is 7. The molecule has 0 amide bonds. The number of alkyl halides is 3. The van der Waals surface area contributed by atoms with Gasteiger partial charge in [-0.05, 0) is 31.3 Å². The molecule has 1 saturated heterocycles. The van der Waals surface area contributed by atoms with Crippen molar-refractivity contribution in [2.45, 2.75) is 6.36 Å². The lowest BCUT2D eigenvalue weighted by Crippen LogP contribution is -2.44. The third-order valence-corrected chi connectivity index (χ3v) is 4.63. The highest BCUT2D eigenvalue weighted by Crippen LogP contribution is 2.34.